The molecule has 1 aromatic carbocycles. The van der Waals surface area contributed by atoms with Gasteiger partial charge in [-0.25, -0.2) is 5.46 Å². The molecule has 1 aromatic rings. The van der Waals surface area contributed by atoms with Crippen LogP contribution in [0.2, 0.25) is 0 Å². The summed E-state index contributed by atoms with van der Waals surface area (Å²) in [5, 5.41) is 7.78. The van der Waals surface area contributed by atoms with Gasteiger partial charge in [-0.05, 0) is 16.4 Å². The topological polar surface area (TPSA) is 33.1 Å². The minimum atomic E-state index is -4.93. The fourth-order valence-electron chi connectivity index (χ4n) is 2.85. The van der Waals surface area contributed by atoms with Gasteiger partial charge < -0.3 is 4.65 Å². The molecule has 0 spiro atoms. The first-order valence-electron chi connectivity index (χ1n) is 8.46. The summed E-state index contributed by atoms with van der Waals surface area (Å²) < 4.78 is 82.6. The van der Waals surface area contributed by atoms with Crippen LogP contribution in [0.25, 0.3) is 0 Å². The number of hydrogen-bond acceptors (Lipinski definition) is 2. The molecule has 2 radical (unpaired) electrons. The van der Waals surface area contributed by atoms with Crippen LogP contribution in [0.15, 0.2) is 18.2 Å². The zero-order valence-electron chi connectivity index (χ0n) is 16.6. The van der Waals surface area contributed by atoms with E-state index in [9.17, 15) is 26.3 Å². The lowest BCUT2D eigenvalue weighted by atomic mass is 9.85. The first-order chi connectivity index (χ1) is 12.3. The predicted molar refractivity (Wildman–Crippen MR) is 102 cm³/mol. The second-order valence-electron chi connectivity index (χ2n) is 8.43. The average molecular weight is 426 g/mol. The van der Waals surface area contributed by atoms with E-state index < -0.39 is 36.9 Å². The monoisotopic (exact) mass is 426 g/mol. The first-order valence-corrected chi connectivity index (χ1v) is 9.99. The Balaban J connectivity index is 3.01. The van der Waals surface area contributed by atoms with E-state index in [1.807, 2.05) is 41.5 Å². The minimum absolute atomic E-state index is 0.0567. The summed E-state index contributed by atoms with van der Waals surface area (Å²) in [4.78, 5) is 0. The Labute approximate surface area is 163 Å². The molecule has 0 heterocycles. The van der Waals surface area contributed by atoms with Crippen LogP contribution in [0.4, 0.5) is 26.3 Å². The third-order valence-electron chi connectivity index (χ3n) is 3.87. The average Bonchev–Trinajstić information content (AvgIpc) is 2.46. The van der Waals surface area contributed by atoms with Crippen molar-refractivity contribution in [3.8, 4) is 0 Å². The Bertz CT molecular complexity index is 658. The maximum absolute atomic E-state index is 12.9. The van der Waals surface area contributed by atoms with Gasteiger partial charge >= 0.3 is 12.4 Å². The van der Waals surface area contributed by atoms with E-state index in [4.69, 9.17) is 10.1 Å². The van der Waals surface area contributed by atoms with Crippen LogP contribution in [0.1, 0.15) is 52.7 Å². The number of benzene rings is 1. The van der Waals surface area contributed by atoms with E-state index in [0.717, 1.165) is 7.48 Å². The lowest BCUT2D eigenvalue weighted by Crippen LogP contribution is -2.31. The predicted octanol–water partition coefficient (Wildman–Crippen LogP) is 6.04. The molecule has 0 aliphatic heterocycles. The van der Waals surface area contributed by atoms with Crippen molar-refractivity contribution in [1.82, 2.24) is 0 Å². The highest BCUT2D eigenvalue weighted by Crippen LogP contribution is 2.59. The molecule has 0 aliphatic rings. The summed E-state index contributed by atoms with van der Waals surface area (Å²) in [6.45, 7) is 12.2. The number of alkyl halides is 6. The van der Waals surface area contributed by atoms with Gasteiger partial charge in [-0.3, -0.25) is 5.41 Å². The number of halogens is 6. The molecule has 0 saturated heterocycles. The summed E-state index contributed by atoms with van der Waals surface area (Å²) >= 11 is 0. The molecule has 2 nitrogen and oxygen atoms in total. The van der Waals surface area contributed by atoms with E-state index >= 15 is 0 Å². The van der Waals surface area contributed by atoms with Gasteiger partial charge in [0.15, 0.2) is 0 Å². The number of nitrogens with one attached hydrogen (secondary N) is 1. The quantitative estimate of drug-likeness (QED) is 0.206. The Morgan fingerprint density at radius 2 is 1.25 bits per heavy atom. The summed E-state index contributed by atoms with van der Waals surface area (Å²) in [5.41, 5.74) is -3.24. The third kappa shape index (κ3) is 7.30. The lowest BCUT2D eigenvalue weighted by Gasteiger charge is -2.42. The fraction of sp³-hybridized carbons (Fsp3) is 0.611. The molecular weight excluding hydrogens is 402 g/mol. The molecule has 0 fully saturated rings. The Kier molecular flexibility index (Phi) is 7.31. The molecule has 0 aliphatic carbocycles. The highest BCUT2D eigenvalue weighted by atomic mass is 31.1. The Morgan fingerprint density at radius 1 is 0.857 bits per heavy atom. The zero-order valence-corrected chi connectivity index (χ0v) is 17.5. The van der Waals surface area contributed by atoms with Crippen molar-refractivity contribution in [1.29, 1.82) is 5.41 Å². The van der Waals surface area contributed by atoms with E-state index in [2.05, 4.69) is 0 Å². The minimum Gasteiger partial charge on any atom is -0.762 e. The smallest absolute Gasteiger partial charge is 0.416 e. The van der Waals surface area contributed by atoms with Crippen molar-refractivity contribution in [2.24, 2.45) is 0 Å². The normalized spacial score (nSPS) is 13.8. The van der Waals surface area contributed by atoms with Gasteiger partial charge in [-0.1, -0.05) is 69.1 Å². The van der Waals surface area contributed by atoms with Gasteiger partial charge in [0.05, 0.1) is 11.1 Å². The molecule has 1 N–H and O–H groups in total. The van der Waals surface area contributed by atoms with Gasteiger partial charge in [0.25, 0.3) is 0 Å². The molecule has 0 aromatic heterocycles. The van der Waals surface area contributed by atoms with Gasteiger partial charge in [-0.2, -0.15) is 26.3 Å². The van der Waals surface area contributed by atoms with Gasteiger partial charge in [0.2, 0.25) is 0 Å². The SMILES string of the molecule is CC(C)(C)P(CC(=N)O[B-]c1cc(C(F)(F)F)cc(C(F)(F)F)c1)C(C)(C)C. The van der Waals surface area contributed by atoms with Crippen LogP contribution in [0, 0.1) is 5.41 Å². The zero-order chi connectivity index (χ0) is 22.1. The summed E-state index contributed by atoms with van der Waals surface area (Å²) in [6, 6.07) is 1.19. The molecule has 28 heavy (non-hydrogen) atoms. The molecule has 0 unspecified atom stereocenters. The number of rotatable bonds is 4. The summed E-state index contributed by atoms with van der Waals surface area (Å²) in [5.74, 6) is -0.193. The van der Waals surface area contributed by atoms with Crippen molar-refractivity contribution < 1.29 is 31.0 Å². The molecule has 10 heteroatoms. The van der Waals surface area contributed by atoms with Crippen LogP contribution in [-0.2, 0) is 17.0 Å². The number of hydrogen-bond donors (Lipinski definition) is 1. The largest absolute Gasteiger partial charge is 0.762 e. The van der Waals surface area contributed by atoms with E-state index in [0.29, 0.717) is 12.1 Å². The molecule has 158 valence electrons. The molecule has 1 rings (SSSR count). The van der Waals surface area contributed by atoms with Crippen molar-refractivity contribution in [3.63, 3.8) is 0 Å². The fourth-order valence-corrected chi connectivity index (χ4v) is 6.17. The van der Waals surface area contributed by atoms with Gasteiger partial charge in [0, 0.05) is 6.16 Å². The highest BCUT2D eigenvalue weighted by molar-refractivity contribution is 7.61. The molecule has 0 atom stereocenters. The second kappa shape index (κ2) is 8.25. The van der Waals surface area contributed by atoms with E-state index in [1.54, 1.807) is 0 Å². The van der Waals surface area contributed by atoms with Crippen LogP contribution in [0.5, 0.6) is 0 Å². The molecule has 0 saturated carbocycles. The van der Waals surface area contributed by atoms with Crippen molar-refractivity contribution >= 4 is 26.8 Å². The van der Waals surface area contributed by atoms with Crippen molar-refractivity contribution in [2.75, 3.05) is 6.16 Å². The van der Waals surface area contributed by atoms with Crippen molar-refractivity contribution in [2.45, 2.75) is 64.2 Å². The maximum Gasteiger partial charge on any atom is 0.416 e. The standard InChI is InChI=1S/C18H24BF6NOP/c1-15(2,3)28(16(4,5)6)10-14(26)27-19-13-8-11(17(20,21)22)7-12(9-13)18(23,24)25/h7-9,26H,10H2,1-6H3/q-1. The molecule has 0 amide bonds. The maximum atomic E-state index is 12.9. The van der Waals surface area contributed by atoms with Crippen LogP contribution < -0.4 is 5.46 Å². The summed E-state index contributed by atoms with van der Waals surface area (Å²) in [6.07, 6.45) is -9.59. The van der Waals surface area contributed by atoms with E-state index in [1.165, 1.54) is 0 Å². The van der Waals surface area contributed by atoms with Gasteiger partial charge in [-0.15, -0.1) is 0 Å². The van der Waals surface area contributed by atoms with Crippen LogP contribution in [0.3, 0.4) is 0 Å². The molecule has 0 bridgehead atoms. The molecular formula is C18H24BF6NOP-. The summed E-state index contributed by atoms with van der Waals surface area (Å²) in [7, 11) is 0.0279. The Hall–Kier alpha value is -1.24. The highest BCUT2D eigenvalue weighted by Gasteiger charge is 2.36. The van der Waals surface area contributed by atoms with Crippen molar-refractivity contribution in [3.05, 3.63) is 29.3 Å². The Morgan fingerprint density at radius 3 is 1.57 bits per heavy atom. The first kappa shape index (κ1) is 24.8. The van der Waals surface area contributed by atoms with Crippen LogP contribution in [-0.4, -0.2) is 29.9 Å². The van der Waals surface area contributed by atoms with Gasteiger partial charge in [0.1, 0.15) is 5.90 Å². The third-order valence-corrected chi connectivity index (χ3v) is 7.71. The second-order valence-corrected chi connectivity index (χ2v) is 12.3. The lowest BCUT2D eigenvalue weighted by molar-refractivity contribution is -0.142. The van der Waals surface area contributed by atoms with E-state index in [-0.39, 0.29) is 28.4 Å². The van der Waals surface area contributed by atoms with Crippen LogP contribution >= 0.6 is 7.92 Å².